The number of hydrogen-bond donors (Lipinski definition) is 2. The summed E-state index contributed by atoms with van der Waals surface area (Å²) in [6.07, 6.45) is 1.80. The number of carbonyl (C=O) groups excluding carboxylic acids is 2. The fourth-order valence-corrected chi connectivity index (χ4v) is 1.46. The Labute approximate surface area is 110 Å². The van der Waals surface area contributed by atoms with Crippen LogP contribution in [-0.4, -0.2) is 49.9 Å². The molecule has 0 unspecified atom stereocenters. The summed E-state index contributed by atoms with van der Waals surface area (Å²) < 4.78 is 0. The van der Waals surface area contributed by atoms with Gasteiger partial charge in [0.15, 0.2) is 0 Å². The standard InChI is InChI=1S/C13H25N3O2/c1-6-12(17)15-11(9-10(2)3)13(18)14-7-8-16(4)5/h6,10-11H,1,7-9H2,2-5H3,(H,14,18)(H,15,17)/t11-/m0/s1. The first-order valence-electron chi connectivity index (χ1n) is 6.22. The molecule has 2 N–H and O–H groups in total. The van der Waals surface area contributed by atoms with Crippen molar-refractivity contribution in [1.29, 1.82) is 0 Å². The van der Waals surface area contributed by atoms with Crippen molar-refractivity contribution in [2.24, 2.45) is 5.92 Å². The van der Waals surface area contributed by atoms with Crippen LogP contribution in [0.4, 0.5) is 0 Å². The molecule has 0 heterocycles. The zero-order valence-corrected chi connectivity index (χ0v) is 11.8. The van der Waals surface area contributed by atoms with E-state index in [2.05, 4.69) is 17.2 Å². The summed E-state index contributed by atoms with van der Waals surface area (Å²) in [6.45, 7) is 8.76. The van der Waals surface area contributed by atoms with Gasteiger partial charge in [0.2, 0.25) is 11.8 Å². The van der Waals surface area contributed by atoms with Crippen molar-refractivity contribution in [1.82, 2.24) is 15.5 Å². The molecule has 0 bridgehead atoms. The third-order valence-electron chi connectivity index (χ3n) is 2.38. The summed E-state index contributed by atoms with van der Waals surface area (Å²) >= 11 is 0. The Morgan fingerprint density at radius 3 is 2.39 bits per heavy atom. The van der Waals surface area contributed by atoms with E-state index in [1.165, 1.54) is 6.08 Å². The number of nitrogens with one attached hydrogen (secondary N) is 2. The molecule has 0 aliphatic heterocycles. The highest BCUT2D eigenvalue weighted by Crippen LogP contribution is 2.05. The molecule has 18 heavy (non-hydrogen) atoms. The molecule has 0 radical (unpaired) electrons. The molecule has 0 fully saturated rings. The number of likely N-dealkylation sites (N-methyl/N-ethyl adjacent to an activating group) is 1. The molecule has 0 rings (SSSR count). The number of nitrogens with zero attached hydrogens (tertiary/aromatic N) is 1. The van der Waals surface area contributed by atoms with E-state index in [1.807, 2.05) is 32.8 Å². The zero-order valence-electron chi connectivity index (χ0n) is 11.8. The Kier molecular flexibility index (Phi) is 8.03. The number of hydrogen-bond acceptors (Lipinski definition) is 3. The lowest BCUT2D eigenvalue weighted by Gasteiger charge is -2.20. The van der Waals surface area contributed by atoms with Crippen LogP contribution >= 0.6 is 0 Å². The molecular weight excluding hydrogens is 230 g/mol. The Morgan fingerprint density at radius 2 is 1.94 bits per heavy atom. The van der Waals surface area contributed by atoms with Gasteiger partial charge in [-0.15, -0.1) is 0 Å². The highest BCUT2D eigenvalue weighted by molar-refractivity contribution is 5.92. The first-order valence-corrected chi connectivity index (χ1v) is 6.22. The van der Waals surface area contributed by atoms with Crippen LogP contribution < -0.4 is 10.6 Å². The van der Waals surface area contributed by atoms with Crippen molar-refractivity contribution in [3.05, 3.63) is 12.7 Å². The number of amides is 2. The molecule has 0 saturated heterocycles. The van der Waals surface area contributed by atoms with Crippen molar-refractivity contribution in [3.8, 4) is 0 Å². The van der Waals surface area contributed by atoms with E-state index in [4.69, 9.17) is 0 Å². The summed E-state index contributed by atoms with van der Waals surface area (Å²) in [5.74, 6) is -0.121. The third-order valence-corrected chi connectivity index (χ3v) is 2.38. The third kappa shape index (κ3) is 7.84. The molecule has 104 valence electrons. The number of carbonyl (C=O) groups is 2. The normalized spacial score (nSPS) is 12.3. The summed E-state index contributed by atoms with van der Waals surface area (Å²) in [7, 11) is 3.88. The van der Waals surface area contributed by atoms with E-state index in [0.29, 0.717) is 18.9 Å². The first kappa shape index (κ1) is 16.6. The van der Waals surface area contributed by atoms with Crippen LogP contribution in [0.5, 0.6) is 0 Å². The van der Waals surface area contributed by atoms with Crippen LogP contribution in [0, 0.1) is 5.92 Å². The second kappa shape index (κ2) is 8.69. The van der Waals surface area contributed by atoms with Gasteiger partial charge < -0.3 is 15.5 Å². The van der Waals surface area contributed by atoms with Gasteiger partial charge in [0.25, 0.3) is 0 Å². The second-order valence-corrected chi connectivity index (χ2v) is 4.99. The zero-order chi connectivity index (χ0) is 14.1. The van der Waals surface area contributed by atoms with Gasteiger partial charge in [0.1, 0.15) is 6.04 Å². The van der Waals surface area contributed by atoms with E-state index in [-0.39, 0.29) is 11.8 Å². The average Bonchev–Trinajstić information content (AvgIpc) is 2.26. The Bertz CT molecular complexity index is 288. The maximum absolute atomic E-state index is 11.9. The number of rotatable bonds is 8. The van der Waals surface area contributed by atoms with Crippen LogP contribution in [0.25, 0.3) is 0 Å². The van der Waals surface area contributed by atoms with Crippen molar-refractivity contribution in [2.75, 3.05) is 27.2 Å². The molecule has 2 amide bonds. The van der Waals surface area contributed by atoms with Crippen molar-refractivity contribution < 1.29 is 9.59 Å². The Balaban J connectivity index is 4.30. The molecule has 5 nitrogen and oxygen atoms in total. The highest BCUT2D eigenvalue weighted by atomic mass is 16.2. The van der Waals surface area contributed by atoms with Gasteiger partial charge in [-0.05, 0) is 32.5 Å². The Hall–Kier alpha value is -1.36. The van der Waals surface area contributed by atoms with E-state index >= 15 is 0 Å². The lowest BCUT2D eigenvalue weighted by atomic mass is 10.0. The van der Waals surface area contributed by atoms with E-state index < -0.39 is 6.04 Å². The Morgan fingerprint density at radius 1 is 1.33 bits per heavy atom. The smallest absolute Gasteiger partial charge is 0.244 e. The first-order chi connectivity index (χ1) is 8.36. The van der Waals surface area contributed by atoms with Gasteiger partial charge in [-0.25, -0.2) is 0 Å². The summed E-state index contributed by atoms with van der Waals surface area (Å²) in [4.78, 5) is 25.2. The fraction of sp³-hybridized carbons (Fsp3) is 0.692. The minimum Gasteiger partial charge on any atom is -0.353 e. The highest BCUT2D eigenvalue weighted by Gasteiger charge is 2.20. The summed E-state index contributed by atoms with van der Waals surface area (Å²) in [5.41, 5.74) is 0. The molecule has 0 saturated carbocycles. The van der Waals surface area contributed by atoms with Gasteiger partial charge in [-0.1, -0.05) is 20.4 Å². The maximum atomic E-state index is 11.9. The molecule has 0 spiro atoms. The molecule has 0 aromatic carbocycles. The molecule has 0 aliphatic carbocycles. The monoisotopic (exact) mass is 255 g/mol. The predicted octanol–water partition coefficient (Wildman–Crippen LogP) is 0.381. The molecule has 0 aliphatic rings. The topological polar surface area (TPSA) is 61.4 Å². The van der Waals surface area contributed by atoms with Crippen LogP contribution in [-0.2, 0) is 9.59 Å². The van der Waals surface area contributed by atoms with Crippen LogP contribution in [0.3, 0.4) is 0 Å². The molecule has 0 aromatic rings. The minimum atomic E-state index is -0.488. The molecular formula is C13H25N3O2. The van der Waals surface area contributed by atoms with E-state index in [9.17, 15) is 9.59 Å². The van der Waals surface area contributed by atoms with Crippen LogP contribution in [0.1, 0.15) is 20.3 Å². The van der Waals surface area contributed by atoms with Gasteiger partial charge >= 0.3 is 0 Å². The minimum absolute atomic E-state index is 0.138. The molecule has 5 heteroatoms. The van der Waals surface area contributed by atoms with Gasteiger partial charge in [-0.3, -0.25) is 9.59 Å². The average molecular weight is 255 g/mol. The van der Waals surface area contributed by atoms with Crippen molar-refractivity contribution >= 4 is 11.8 Å². The van der Waals surface area contributed by atoms with Crippen molar-refractivity contribution in [2.45, 2.75) is 26.3 Å². The largest absolute Gasteiger partial charge is 0.353 e. The van der Waals surface area contributed by atoms with E-state index in [1.54, 1.807) is 0 Å². The van der Waals surface area contributed by atoms with E-state index in [0.717, 1.165) is 6.54 Å². The maximum Gasteiger partial charge on any atom is 0.244 e. The predicted molar refractivity (Wildman–Crippen MR) is 73.1 cm³/mol. The molecule has 1 atom stereocenters. The van der Waals surface area contributed by atoms with Gasteiger partial charge in [0.05, 0.1) is 0 Å². The van der Waals surface area contributed by atoms with Crippen molar-refractivity contribution in [3.63, 3.8) is 0 Å². The molecule has 0 aromatic heterocycles. The SMILES string of the molecule is C=CC(=O)N[C@@H](CC(C)C)C(=O)NCCN(C)C. The van der Waals surface area contributed by atoms with Gasteiger partial charge in [0, 0.05) is 13.1 Å². The quantitative estimate of drug-likeness (QED) is 0.616. The fourth-order valence-electron chi connectivity index (χ4n) is 1.46. The lowest BCUT2D eigenvalue weighted by molar-refractivity contribution is -0.127. The van der Waals surface area contributed by atoms with Crippen LogP contribution in [0.2, 0.25) is 0 Å². The van der Waals surface area contributed by atoms with Gasteiger partial charge in [-0.2, -0.15) is 0 Å². The summed E-state index contributed by atoms with van der Waals surface area (Å²) in [6, 6.07) is -0.488. The lowest BCUT2D eigenvalue weighted by Crippen LogP contribution is -2.48. The van der Waals surface area contributed by atoms with Crippen LogP contribution in [0.15, 0.2) is 12.7 Å². The second-order valence-electron chi connectivity index (χ2n) is 4.99. The summed E-state index contributed by atoms with van der Waals surface area (Å²) in [5, 5.41) is 5.47.